The van der Waals surface area contributed by atoms with Crippen LogP contribution in [0, 0.1) is 11.3 Å². The van der Waals surface area contributed by atoms with E-state index in [1.807, 2.05) is 0 Å². The molecule has 17 heavy (non-hydrogen) atoms. The SMILES string of the molecule is N#Cc1cnc(OC(F)(F)F)c(N)c1C(F)F. The Morgan fingerprint density at radius 2 is 2.00 bits per heavy atom. The Kier molecular flexibility index (Phi) is 3.36. The van der Waals surface area contributed by atoms with Crippen LogP contribution in [0.5, 0.6) is 5.88 Å². The number of pyridine rings is 1. The molecule has 0 aliphatic carbocycles. The molecule has 0 aliphatic heterocycles. The van der Waals surface area contributed by atoms with Crippen LogP contribution in [-0.2, 0) is 0 Å². The van der Waals surface area contributed by atoms with Crippen molar-refractivity contribution in [2.24, 2.45) is 0 Å². The number of anilines is 1. The molecule has 1 aromatic heterocycles. The van der Waals surface area contributed by atoms with Crippen LogP contribution < -0.4 is 10.5 Å². The summed E-state index contributed by atoms with van der Waals surface area (Å²) >= 11 is 0. The van der Waals surface area contributed by atoms with Crippen molar-refractivity contribution in [3.63, 3.8) is 0 Å². The molecule has 0 radical (unpaired) electrons. The first-order valence-electron chi connectivity index (χ1n) is 3.98. The first-order valence-corrected chi connectivity index (χ1v) is 3.98. The standard InChI is InChI=1S/C8H4F5N3O/c9-6(10)4-3(1-14)2-16-7(5(4)15)17-8(11,12)13/h2,6H,15H2. The number of nitrogens with zero attached hydrogens (tertiary/aromatic N) is 2. The summed E-state index contributed by atoms with van der Waals surface area (Å²) in [7, 11) is 0. The van der Waals surface area contributed by atoms with Gasteiger partial charge in [-0.15, -0.1) is 13.2 Å². The zero-order valence-electron chi connectivity index (χ0n) is 7.92. The van der Waals surface area contributed by atoms with Gasteiger partial charge in [-0.25, -0.2) is 13.8 Å². The Labute approximate surface area is 91.4 Å². The molecule has 0 unspecified atom stereocenters. The number of ether oxygens (including phenoxy) is 1. The van der Waals surface area contributed by atoms with Crippen LogP contribution in [0.3, 0.4) is 0 Å². The summed E-state index contributed by atoms with van der Waals surface area (Å²) in [6.07, 6.45) is -7.77. The maximum Gasteiger partial charge on any atom is 0.574 e. The lowest BCUT2D eigenvalue weighted by atomic mass is 10.1. The van der Waals surface area contributed by atoms with E-state index in [4.69, 9.17) is 11.0 Å². The van der Waals surface area contributed by atoms with Crippen molar-refractivity contribution in [1.29, 1.82) is 5.26 Å². The fraction of sp³-hybridized carbons (Fsp3) is 0.250. The summed E-state index contributed by atoms with van der Waals surface area (Å²) in [6, 6.07) is 1.35. The van der Waals surface area contributed by atoms with Gasteiger partial charge in [0.15, 0.2) is 0 Å². The van der Waals surface area contributed by atoms with Crippen molar-refractivity contribution in [3.8, 4) is 11.9 Å². The van der Waals surface area contributed by atoms with E-state index in [1.165, 1.54) is 6.07 Å². The summed E-state index contributed by atoms with van der Waals surface area (Å²) in [5, 5.41) is 8.47. The summed E-state index contributed by atoms with van der Waals surface area (Å²) in [5.74, 6) is -1.20. The van der Waals surface area contributed by atoms with Gasteiger partial charge in [-0.2, -0.15) is 5.26 Å². The predicted octanol–water partition coefficient (Wildman–Crippen LogP) is 2.37. The smallest absolute Gasteiger partial charge is 0.394 e. The average Bonchev–Trinajstić information content (AvgIpc) is 2.18. The second-order valence-electron chi connectivity index (χ2n) is 2.76. The van der Waals surface area contributed by atoms with Crippen LogP contribution in [0.15, 0.2) is 6.20 Å². The lowest BCUT2D eigenvalue weighted by molar-refractivity contribution is -0.275. The third kappa shape index (κ3) is 2.93. The van der Waals surface area contributed by atoms with Crippen molar-refractivity contribution in [3.05, 3.63) is 17.3 Å². The van der Waals surface area contributed by atoms with Crippen LogP contribution in [-0.4, -0.2) is 11.3 Å². The molecule has 0 spiro atoms. The molecule has 9 heteroatoms. The van der Waals surface area contributed by atoms with E-state index in [0.29, 0.717) is 6.20 Å². The Bertz CT molecular complexity index is 465. The van der Waals surface area contributed by atoms with Gasteiger partial charge in [0.25, 0.3) is 6.43 Å². The zero-order valence-corrected chi connectivity index (χ0v) is 7.92. The number of rotatable bonds is 2. The summed E-state index contributed by atoms with van der Waals surface area (Å²) in [4.78, 5) is 3.05. The molecule has 0 atom stereocenters. The number of halogens is 5. The quantitative estimate of drug-likeness (QED) is 0.821. The van der Waals surface area contributed by atoms with Crippen LogP contribution >= 0.6 is 0 Å². The molecule has 0 bridgehead atoms. The van der Waals surface area contributed by atoms with E-state index in [0.717, 1.165) is 0 Å². The van der Waals surface area contributed by atoms with E-state index in [2.05, 4.69) is 9.72 Å². The molecule has 92 valence electrons. The molecule has 4 nitrogen and oxygen atoms in total. The van der Waals surface area contributed by atoms with Gasteiger partial charge in [0.05, 0.1) is 11.1 Å². The Balaban J connectivity index is 3.30. The maximum atomic E-state index is 12.5. The topological polar surface area (TPSA) is 71.9 Å². The van der Waals surface area contributed by atoms with Crippen molar-refractivity contribution < 1.29 is 26.7 Å². The fourth-order valence-electron chi connectivity index (χ4n) is 1.04. The van der Waals surface area contributed by atoms with Gasteiger partial charge in [-0.05, 0) is 0 Å². The van der Waals surface area contributed by atoms with Gasteiger partial charge in [0, 0.05) is 6.20 Å². The Hall–Kier alpha value is -2.11. The fourth-order valence-corrected chi connectivity index (χ4v) is 1.04. The first kappa shape index (κ1) is 13.0. The van der Waals surface area contributed by atoms with Gasteiger partial charge in [0.1, 0.15) is 11.8 Å². The van der Waals surface area contributed by atoms with Crippen molar-refractivity contribution in [2.45, 2.75) is 12.8 Å². The van der Waals surface area contributed by atoms with Crippen LogP contribution in [0.4, 0.5) is 27.6 Å². The number of nitrogens with two attached hydrogens (primary N) is 1. The van der Waals surface area contributed by atoms with E-state index in [-0.39, 0.29) is 0 Å². The van der Waals surface area contributed by atoms with Crippen molar-refractivity contribution in [2.75, 3.05) is 5.73 Å². The number of nitrogen functional groups attached to an aromatic ring is 1. The highest BCUT2D eigenvalue weighted by Gasteiger charge is 2.34. The van der Waals surface area contributed by atoms with Gasteiger partial charge >= 0.3 is 6.36 Å². The summed E-state index contributed by atoms with van der Waals surface area (Å²) in [5.41, 5.74) is 2.42. The predicted molar refractivity (Wildman–Crippen MR) is 45.0 cm³/mol. The highest BCUT2D eigenvalue weighted by atomic mass is 19.4. The lowest BCUT2D eigenvalue weighted by Gasteiger charge is -2.13. The number of hydrogen-bond donors (Lipinski definition) is 1. The second kappa shape index (κ2) is 4.40. The Morgan fingerprint density at radius 3 is 2.41 bits per heavy atom. The highest BCUT2D eigenvalue weighted by Crippen LogP contribution is 2.35. The molecule has 1 aromatic rings. The molecular weight excluding hydrogens is 249 g/mol. The minimum absolute atomic E-state index is 0.541. The number of alkyl halides is 5. The first-order chi connectivity index (χ1) is 7.76. The van der Waals surface area contributed by atoms with Crippen LogP contribution in [0.2, 0.25) is 0 Å². The van der Waals surface area contributed by atoms with Gasteiger partial charge in [-0.3, -0.25) is 0 Å². The lowest BCUT2D eigenvalue weighted by Crippen LogP contribution is -2.19. The van der Waals surface area contributed by atoms with E-state index in [1.54, 1.807) is 0 Å². The van der Waals surface area contributed by atoms with Crippen LogP contribution in [0.25, 0.3) is 0 Å². The molecular formula is C8H4F5N3O. The average molecular weight is 253 g/mol. The molecule has 0 fully saturated rings. The van der Waals surface area contributed by atoms with Gasteiger partial charge < -0.3 is 10.5 Å². The zero-order chi connectivity index (χ0) is 13.2. The normalized spacial score (nSPS) is 11.4. The largest absolute Gasteiger partial charge is 0.574 e. The Morgan fingerprint density at radius 1 is 1.41 bits per heavy atom. The third-order valence-electron chi connectivity index (χ3n) is 1.67. The molecule has 0 amide bonds. The van der Waals surface area contributed by atoms with Gasteiger partial charge in [-0.1, -0.05) is 0 Å². The van der Waals surface area contributed by atoms with Gasteiger partial charge in [0.2, 0.25) is 5.88 Å². The molecule has 0 saturated heterocycles. The highest BCUT2D eigenvalue weighted by molar-refractivity contribution is 5.60. The molecule has 1 rings (SSSR count). The van der Waals surface area contributed by atoms with Crippen molar-refractivity contribution in [1.82, 2.24) is 4.98 Å². The molecule has 1 heterocycles. The number of aromatic nitrogens is 1. The third-order valence-corrected chi connectivity index (χ3v) is 1.67. The molecule has 0 aromatic carbocycles. The number of hydrogen-bond acceptors (Lipinski definition) is 4. The molecule has 0 saturated carbocycles. The summed E-state index contributed by atoms with van der Waals surface area (Å²) in [6.45, 7) is 0. The molecule has 2 N–H and O–H groups in total. The van der Waals surface area contributed by atoms with Crippen LogP contribution in [0.1, 0.15) is 17.6 Å². The minimum atomic E-state index is -5.10. The van der Waals surface area contributed by atoms with E-state index < -0.39 is 35.5 Å². The monoisotopic (exact) mass is 253 g/mol. The maximum absolute atomic E-state index is 12.5. The van der Waals surface area contributed by atoms with E-state index in [9.17, 15) is 22.0 Å². The summed E-state index contributed by atoms with van der Waals surface area (Å²) < 4.78 is 63.9. The van der Waals surface area contributed by atoms with E-state index >= 15 is 0 Å². The molecule has 0 aliphatic rings. The second-order valence-corrected chi connectivity index (χ2v) is 2.76. The minimum Gasteiger partial charge on any atom is -0.394 e. The van der Waals surface area contributed by atoms with Crippen molar-refractivity contribution >= 4 is 5.69 Å². The number of nitriles is 1.